The fourth-order valence-corrected chi connectivity index (χ4v) is 2.63. The lowest BCUT2D eigenvalue weighted by atomic mass is 9.94. The first-order valence-corrected chi connectivity index (χ1v) is 6.66. The molecule has 0 aliphatic carbocycles. The van der Waals surface area contributed by atoms with Crippen LogP contribution in [0, 0.1) is 5.92 Å². The number of nitrogens with zero attached hydrogens (tertiary/aromatic N) is 1. The Hall–Kier alpha value is -1.51. The first-order valence-electron chi connectivity index (χ1n) is 6.66. The predicted molar refractivity (Wildman–Crippen MR) is 73.1 cm³/mol. The molecule has 1 aromatic rings. The van der Waals surface area contributed by atoms with E-state index in [2.05, 4.69) is 43.0 Å². The van der Waals surface area contributed by atoms with Crippen LogP contribution in [0.4, 0.5) is 5.69 Å². The summed E-state index contributed by atoms with van der Waals surface area (Å²) >= 11 is 0. The highest BCUT2D eigenvalue weighted by Crippen LogP contribution is 2.30. The van der Waals surface area contributed by atoms with Crippen molar-refractivity contribution in [2.45, 2.75) is 32.6 Å². The monoisotopic (exact) mass is 247 g/mol. The Kier molecular flexibility index (Phi) is 3.90. The van der Waals surface area contributed by atoms with Crippen molar-refractivity contribution < 1.29 is 9.90 Å². The van der Waals surface area contributed by atoms with Gasteiger partial charge in [-0.15, -0.1) is 0 Å². The Morgan fingerprint density at radius 1 is 1.28 bits per heavy atom. The number of carboxylic acids is 1. The van der Waals surface area contributed by atoms with E-state index in [0.717, 1.165) is 25.9 Å². The lowest BCUT2D eigenvalue weighted by Crippen LogP contribution is -2.36. The van der Waals surface area contributed by atoms with E-state index in [1.807, 2.05) is 0 Å². The lowest BCUT2D eigenvalue weighted by Gasteiger charge is -2.34. The van der Waals surface area contributed by atoms with Gasteiger partial charge in [0.1, 0.15) is 0 Å². The molecular formula is C15H21NO2. The van der Waals surface area contributed by atoms with Gasteiger partial charge < -0.3 is 10.0 Å². The molecule has 18 heavy (non-hydrogen) atoms. The molecule has 98 valence electrons. The van der Waals surface area contributed by atoms with Crippen molar-refractivity contribution in [3.63, 3.8) is 0 Å². The average Bonchev–Trinajstić information content (AvgIpc) is 2.39. The van der Waals surface area contributed by atoms with Crippen LogP contribution in [0.1, 0.15) is 38.2 Å². The maximum Gasteiger partial charge on any atom is 0.306 e. The van der Waals surface area contributed by atoms with Gasteiger partial charge in [0, 0.05) is 18.8 Å². The van der Waals surface area contributed by atoms with Gasteiger partial charge in [0.05, 0.1) is 5.92 Å². The Balaban J connectivity index is 2.12. The van der Waals surface area contributed by atoms with Gasteiger partial charge in [-0.3, -0.25) is 4.79 Å². The number of hydrogen-bond acceptors (Lipinski definition) is 2. The molecule has 1 aromatic carbocycles. The number of aliphatic carboxylic acids is 1. The third kappa shape index (κ3) is 2.66. The first-order chi connectivity index (χ1) is 8.59. The molecule has 1 aliphatic heterocycles. The van der Waals surface area contributed by atoms with Crippen LogP contribution in [-0.4, -0.2) is 24.2 Å². The molecule has 1 saturated heterocycles. The van der Waals surface area contributed by atoms with Gasteiger partial charge in [0.15, 0.2) is 0 Å². The quantitative estimate of drug-likeness (QED) is 0.892. The lowest BCUT2D eigenvalue weighted by molar-refractivity contribution is -0.142. The summed E-state index contributed by atoms with van der Waals surface area (Å²) in [4.78, 5) is 13.3. The van der Waals surface area contributed by atoms with Crippen LogP contribution in [0.5, 0.6) is 0 Å². The number of anilines is 1. The molecule has 1 heterocycles. The van der Waals surface area contributed by atoms with Crippen LogP contribution in [-0.2, 0) is 4.79 Å². The van der Waals surface area contributed by atoms with E-state index in [1.54, 1.807) is 0 Å². The minimum Gasteiger partial charge on any atom is -0.481 e. The van der Waals surface area contributed by atoms with Crippen molar-refractivity contribution in [3.8, 4) is 0 Å². The van der Waals surface area contributed by atoms with Gasteiger partial charge in [0.2, 0.25) is 0 Å². The topological polar surface area (TPSA) is 40.5 Å². The number of para-hydroxylation sites is 1. The van der Waals surface area contributed by atoms with Crippen LogP contribution < -0.4 is 4.90 Å². The molecule has 0 bridgehead atoms. The van der Waals surface area contributed by atoms with E-state index < -0.39 is 5.97 Å². The molecule has 0 aromatic heterocycles. The van der Waals surface area contributed by atoms with Crippen molar-refractivity contribution in [1.29, 1.82) is 0 Å². The molecule has 3 heteroatoms. The van der Waals surface area contributed by atoms with Crippen LogP contribution in [0.3, 0.4) is 0 Å². The number of hydrogen-bond donors (Lipinski definition) is 1. The van der Waals surface area contributed by atoms with Crippen LogP contribution in [0.15, 0.2) is 24.3 Å². The molecular weight excluding hydrogens is 226 g/mol. The minimum atomic E-state index is -0.646. The largest absolute Gasteiger partial charge is 0.481 e. The summed E-state index contributed by atoms with van der Waals surface area (Å²) in [5.74, 6) is -0.308. The summed E-state index contributed by atoms with van der Waals surface area (Å²) < 4.78 is 0. The Bertz CT molecular complexity index is 420. The molecule has 0 spiro atoms. The summed E-state index contributed by atoms with van der Waals surface area (Å²) in [6.07, 6.45) is 1.50. The van der Waals surface area contributed by atoms with Gasteiger partial charge >= 0.3 is 5.97 Å². The van der Waals surface area contributed by atoms with Crippen molar-refractivity contribution in [1.82, 2.24) is 0 Å². The van der Waals surface area contributed by atoms with E-state index in [1.165, 1.54) is 11.3 Å². The van der Waals surface area contributed by atoms with Crippen molar-refractivity contribution in [3.05, 3.63) is 29.8 Å². The molecule has 0 saturated carbocycles. The molecule has 1 N–H and O–H groups in total. The van der Waals surface area contributed by atoms with Crippen molar-refractivity contribution >= 4 is 11.7 Å². The molecule has 2 rings (SSSR count). The van der Waals surface area contributed by atoms with Gasteiger partial charge in [-0.25, -0.2) is 0 Å². The molecule has 1 fully saturated rings. The number of carbonyl (C=O) groups is 1. The van der Waals surface area contributed by atoms with Crippen molar-refractivity contribution in [2.75, 3.05) is 18.0 Å². The van der Waals surface area contributed by atoms with Gasteiger partial charge in [-0.2, -0.15) is 0 Å². The summed E-state index contributed by atoms with van der Waals surface area (Å²) in [5, 5.41) is 9.02. The van der Waals surface area contributed by atoms with Crippen molar-refractivity contribution in [2.24, 2.45) is 5.92 Å². The highest BCUT2D eigenvalue weighted by atomic mass is 16.4. The number of benzene rings is 1. The fraction of sp³-hybridized carbons (Fsp3) is 0.533. The number of piperidine rings is 1. The molecule has 3 nitrogen and oxygen atoms in total. The number of rotatable bonds is 3. The highest BCUT2D eigenvalue weighted by Gasteiger charge is 2.25. The number of carboxylic acid groups (broad SMARTS) is 1. The maximum atomic E-state index is 11.0. The maximum absolute atomic E-state index is 11.0. The van der Waals surface area contributed by atoms with Crippen LogP contribution >= 0.6 is 0 Å². The highest BCUT2D eigenvalue weighted by molar-refractivity contribution is 5.70. The second kappa shape index (κ2) is 5.42. The molecule has 0 unspecified atom stereocenters. The normalized spacial score (nSPS) is 17.2. The summed E-state index contributed by atoms with van der Waals surface area (Å²) in [6, 6.07) is 8.45. The predicted octanol–water partition coefficient (Wildman–Crippen LogP) is 3.11. The smallest absolute Gasteiger partial charge is 0.306 e. The SMILES string of the molecule is CC(C)c1ccccc1N1CCC(C(=O)O)CC1. The minimum absolute atomic E-state index is 0.160. The molecule has 0 atom stereocenters. The van der Waals surface area contributed by atoms with E-state index >= 15 is 0 Å². The van der Waals surface area contributed by atoms with Crippen LogP contribution in [0.25, 0.3) is 0 Å². The first kappa shape index (κ1) is 12.9. The fourth-order valence-electron chi connectivity index (χ4n) is 2.63. The van der Waals surface area contributed by atoms with E-state index in [0.29, 0.717) is 5.92 Å². The zero-order valence-corrected chi connectivity index (χ0v) is 11.1. The summed E-state index contributed by atoms with van der Waals surface area (Å²) in [7, 11) is 0. The zero-order chi connectivity index (χ0) is 13.1. The standard InChI is InChI=1S/C15H21NO2/c1-11(2)13-5-3-4-6-14(13)16-9-7-12(8-10-16)15(17)18/h3-6,11-12H,7-10H2,1-2H3,(H,17,18). The zero-order valence-electron chi connectivity index (χ0n) is 11.1. The Morgan fingerprint density at radius 2 is 1.89 bits per heavy atom. The van der Waals surface area contributed by atoms with Gasteiger partial charge in [0.25, 0.3) is 0 Å². The second-order valence-corrected chi connectivity index (χ2v) is 5.31. The van der Waals surface area contributed by atoms with Gasteiger partial charge in [-0.1, -0.05) is 32.0 Å². The third-order valence-corrected chi connectivity index (χ3v) is 3.74. The third-order valence-electron chi connectivity index (χ3n) is 3.74. The average molecular weight is 247 g/mol. The second-order valence-electron chi connectivity index (χ2n) is 5.31. The van der Waals surface area contributed by atoms with E-state index in [-0.39, 0.29) is 5.92 Å². The van der Waals surface area contributed by atoms with E-state index in [4.69, 9.17) is 5.11 Å². The van der Waals surface area contributed by atoms with Crippen LogP contribution in [0.2, 0.25) is 0 Å². The van der Waals surface area contributed by atoms with E-state index in [9.17, 15) is 4.79 Å². The molecule has 0 amide bonds. The Labute approximate surface area is 108 Å². The summed E-state index contributed by atoms with van der Waals surface area (Å²) in [6.45, 7) is 6.09. The van der Waals surface area contributed by atoms with Gasteiger partial charge in [-0.05, 0) is 30.4 Å². The molecule has 0 radical (unpaired) electrons. The summed E-state index contributed by atoms with van der Waals surface area (Å²) in [5.41, 5.74) is 2.63. The molecule has 1 aliphatic rings. The Morgan fingerprint density at radius 3 is 2.44 bits per heavy atom.